The van der Waals surface area contributed by atoms with E-state index >= 15 is 0 Å². The van der Waals surface area contributed by atoms with Crippen molar-refractivity contribution >= 4 is 17.7 Å². The zero-order valence-electron chi connectivity index (χ0n) is 16.9. The van der Waals surface area contributed by atoms with Crippen LogP contribution in [0.5, 0.6) is 5.75 Å². The maximum atomic E-state index is 12.4. The molecule has 3 rings (SSSR count). The van der Waals surface area contributed by atoms with Gasteiger partial charge in [0.2, 0.25) is 5.91 Å². The molecule has 7 nitrogen and oxygen atoms in total. The Morgan fingerprint density at radius 2 is 1.86 bits per heavy atom. The number of benzene rings is 1. The quantitative estimate of drug-likeness (QED) is 0.724. The van der Waals surface area contributed by atoms with Gasteiger partial charge in [-0.3, -0.25) is 9.69 Å². The third-order valence-corrected chi connectivity index (χ3v) is 5.07. The van der Waals surface area contributed by atoms with Gasteiger partial charge in [0.05, 0.1) is 12.7 Å². The molecular formula is C22H27N3O4. The van der Waals surface area contributed by atoms with E-state index in [1.165, 1.54) is 7.11 Å². The van der Waals surface area contributed by atoms with Crippen LogP contribution in [0.2, 0.25) is 0 Å². The monoisotopic (exact) mass is 397 g/mol. The number of rotatable bonds is 7. The molecule has 1 saturated heterocycles. The lowest BCUT2D eigenvalue weighted by molar-refractivity contribution is -0.121. The Morgan fingerprint density at radius 3 is 2.48 bits per heavy atom. The van der Waals surface area contributed by atoms with Crippen LogP contribution in [0.1, 0.15) is 28.8 Å². The summed E-state index contributed by atoms with van der Waals surface area (Å²) in [6.07, 6.45) is 3.40. The van der Waals surface area contributed by atoms with Gasteiger partial charge in [0.1, 0.15) is 18.2 Å². The van der Waals surface area contributed by atoms with Crippen LogP contribution in [-0.4, -0.2) is 55.1 Å². The molecule has 0 saturated carbocycles. The van der Waals surface area contributed by atoms with Gasteiger partial charge in [-0.2, -0.15) is 0 Å². The first-order valence-corrected chi connectivity index (χ1v) is 9.82. The fourth-order valence-corrected chi connectivity index (χ4v) is 3.29. The zero-order chi connectivity index (χ0) is 20.6. The van der Waals surface area contributed by atoms with E-state index in [0.717, 1.165) is 43.8 Å². The lowest BCUT2D eigenvalue weighted by Gasteiger charge is -2.31. The van der Waals surface area contributed by atoms with Gasteiger partial charge in [0, 0.05) is 18.7 Å². The van der Waals surface area contributed by atoms with Gasteiger partial charge in [-0.25, -0.2) is 9.78 Å². The number of likely N-dealkylation sites (tertiary alicyclic amines) is 1. The summed E-state index contributed by atoms with van der Waals surface area (Å²) >= 11 is 0. The molecule has 0 atom stereocenters. The van der Waals surface area contributed by atoms with Gasteiger partial charge < -0.3 is 14.8 Å². The normalized spacial score (nSPS) is 15.0. The molecule has 0 spiro atoms. The Labute approximate surface area is 171 Å². The Balaban J connectivity index is 1.37. The lowest BCUT2D eigenvalue weighted by atomic mass is 9.96. The molecule has 1 amide bonds. The fourth-order valence-electron chi connectivity index (χ4n) is 3.29. The highest BCUT2D eigenvalue weighted by Gasteiger charge is 2.25. The number of aromatic nitrogens is 1. The molecule has 1 N–H and O–H groups in total. The van der Waals surface area contributed by atoms with E-state index in [1.807, 2.05) is 19.1 Å². The van der Waals surface area contributed by atoms with Gasteiger partial charge in [-0.05, 0) is 68.8 Å². The van der Waals surface area contributed by atoms with Crippen molar-refractivity contribution in [1.82, 2.24) is 9.88 Å². The summed E-state index contributed by atoms with van der Waals surface area (Å²) in [6, 6.07) is 10.7. The molecule has 1 aliphatic heterocycles. The zero-order valence-corrected chi connectivity index (χ0v) is 16.9. The molecule has 0 unspecified atom stereocenters. The van der Waals surface area contributed by atoms with E-state index < -0.39 is 0 Å². The number of aryl methyl sites for hydroxylation is 1. The van der Waals surface area contributed by atoms with Crippen LogP contribution in [0.15, 0.2) is 42.6 Å². The Hall–Kier alpha value is -2.93. The number of carbonyl (C=O) groups excluding carboxylic acids is 2. The molecule has 2 aromatic rings. The highest BCUT2D eigenvalue weighted by Crippen LogP contribution is 2.19. The van der Waals surface area contributed by atoms with Crippen molar-refractivity contribution in [1.29, 1.82) is 0 Å². The van der Waals surface area contributed by atoms with Crippen LogP contribution in [0.4, 0.5) is 5.82 Å². The molecule has 29 heavy (non-hydrogen) atoms. The minimum absolute atomic E-state index is 0.0149. The molecular weight excluding hydrogens is 370 g/mol. The number of ether oxygens (including phenoxy) is 2. The number of amides is 1. The van der Waals surface area contributed by atoms with Crippen LogP contribution in [-0.2, 0) is 9.53 Å². The summed E-state index contributed by atoms with van der Waals surface area (Å²) < 4.78 is 10.4. The summed E-state index contributed by atoms with van der Waals surface area (Å²) in [5.41, 5.74) is 1.57. The second kappa shape index (κ2) is 10.0. The van der Waals surface area contributed by atoms with Crippen molar-refractivity contribution in [3.05, 3.63) is 53.7 Å². The Morgan fingerprint density at radius 1 is 1.14 bits per heavy atom. The topological polar surface area (TPSA) is 80.8 Å². The minimum atomic E-state index is -0.360. The van der Waals surface area contributed by atoms with Crippen molar-refractivity contribution in [2.75, 3.05) is 38.7 Å². The van der Waals surface area contributed by atoms with E-state index in [0.29, 0.717) is 18.0 Å². The number of hydrogen-bond donors (Lipinski definition) is 1. The highest BCUT2D eigenvalue weighted by atomic mass is 16.5. The second-order valence-corrected chi connectivity index (χ2v) is 7.19. The van der Waals surface area contributed by atoms with Gasteiger partial charge in [0.15, 0.2) is 0 Å². The first-order valence-electron chi connectivity index (χ1n) is 9.82. The number of hydrogen-bond acceptors (Lipinski definition) is 6. The average Bonchev–Trinajstić information content (AvgIpc) is 2.75. The van der Waals surface area contributed by atoms with Crippen LogP contribution >= 0.6 is 0 Å². The standard InChI is InChI=1S/C22H27N3O4/c1-16-3-8-20(23-15-16)24-21(26)17-9-11-25(12-10-17)13-14-29-19-6-4-18(5-7-19)22(27)28-2/h3-8,15,17H,9-14H2,1-2H3,(H,23,24,26). The Kier molecular flexibility index (Phi) is 7.19. The van der Waals surface area contributed by atoms with E-state index in [2.05, 4.69) is 19.9 Å². The molecule has 0 bridgehead atoms. The number of piperidine rings is 1. The van der Waals surface area contributed by atoms with Crippen molar-refractivity contribution in [3.8, 4) is 5.75 Å². The number of nitrogens with one attached hydrogen (secondary N) is 1. The van der Waals surface area contributed by atoms with Crippen molar-refractivity contribution in [2.45, 2.75) is 19.8 Å². The smallest absolute Gasteiger partial charge is 0.337 e. The third-order valence-electron chi connectivity index (χ3n) is 5.07. The third kappa shape index (κ3) is 6.02. The second-order valence-electron chi connectivity index (χ2n) is 7.19. The maximum Gasteiger partial charge on any atom is 0.337 e. The van der Waals surface area contributed by atoms with E-state index in [1.54, 1.807) is 30.5 Å². The first kappa shape index (κ1) is 20.8. The van der Waals surface area contributed by atoms with Crippen LogP contribution < -0.4 is 10.1 Å². The molecule has 0 radical (unpaired) electrons. The molecule has 1 aliphatic rings. The predicted molar refractivity (Wildman–Crippen MR) is 110 cm³/mol. The molecule has 0 aliphatic carbocycles. The van der Waals surface area contributed by atoms with Gasteiger partial charge in [0.25, 0.3) is 0 Å². The summed E-state index contributed by atoms with van der Waals surface area (Å²) in [5, 5.41) is 2.91. The average molecular weight is 397 g/mol. The Bertz CT molecular complexity index is 813. The largest absolute Gasteiger partial charge is 0.492 e. The number of anilines is 1. The van der Waals surface area contributed by atoms with Crippen molar-refractivity contribution < 1.29 is 19.1 Å². The van der Waals surface area contributed by atoms with Gasteiger partial charge >= 0.3 is 5.97 Å². The first-order chi connectivity index (χ1) is 14.0. The predicted octanol–water partition coefficient (Wildman–Crippen LogP) is 2.91. The number of carbonyl (C=O) groups is 2. The molecule has 1 fully saturated rings. The minimum Gasteiger partial charge on any atom is -0.492 e. The molecule has 154 valence electrons. The molecule has 7 heteroatoms. The van der Waals surface area contributed by atoms with E-state index in [-0.39, 0.29) is 17.8 Å². The lowest BCUT2D eigenvalue weighted by Crippen LogP contribution is -2.40. The highest BCUT2D eigenvalue weighted by molar-refractivity contribution is 5.91. The van der Waals surface area contributed by atoms with Gasteiger partial charge in [-0.15, -0.1) is 0 Å². The summed E-state index contributed by atoms with van der Waals surface area (Å²) in [6.45, 7) is 5.05. The molecule has 1 aromatic heterocycles. The van der Waals surface area contributed by atoms with Crippen molar-refractivity contribution in [2.24, 2.45) is 5.92 Å². The van der Waals surface area contributed by atoms with Crippen LogP contribution in [0, 0.1) is 12.8 Å². The number of esters is 1. The SMILES string of the molecule is COC(=O)c1ccc(OCCN2CCC(C(=O)Nc3ccc(C)cn3)CC2)cc1. The van der Waals surface area contributed by atoms with Crippen LogP contribution in [0.3, 0.4) is 0 Å². The molecule has 2 heterocycles. The van der Waals surface area contributed by atoms with E-state index in [9.17, 15) is 9.59 Å². The number of pyridine rings is 1. The fraction of sp³-hybridized carbons (Fsp3) is 0.409. The maximum absolute atomic E-state index is 12.4. The van der Waals surface area contributed by atoms with E-state index in [4.69, 9.17) is 4.74 Å². The van der Waals surface area contributed by atoms with Crippen LogP contribution in [0.25, 0.3) is 0 Å². The molecule has 1 aromatic carbocycles. The van der Waals surface area contributed by atoms with Crippen molar-refractivity contribution in [3.63, 3.8) is 0 Å². The summed E-state index contributed by atoms with van der Waals surface area (Å²) in [7, 11) is 1.36. The van der Waals surface area contributed by atoms with Gasteiger partial charge in [-0.1, -0.05) is 6.07 Å². The number of methoxy groups -OCH3 is 1. The number of nitrogens with zero attached hydrogens (tertiary/aromatic N) is 2. The summed E-state index contributed by atoms with van der Waals surface area (Å²) in [4.78, 5) is 30.4. The summed E-state index contributed by atoms with van der Waals surface area (Å²) in [5.74, 6) is 1.03.